The first kappa shape index (κ1) is 25.2. The Bertz CT molecular complexity index is 1070. The second-order valence-corrected chi connectivity index (χ2v) is 9.95. The Balaban J connectivity index is 1.18. The third-order valence-corrected chi connectivity index (χ3v) is 7.64. The van der Waals surface area contributed by atoms with Crippen LogP contribution in [0.2, 0.25) is 10.0 Å². The lowest BCUT2D eigenvalue weighted by molar-refractivity contribution is -0.117. The number of nitrogens with one attached hydrogen (secondary N) is 1. The standard InChI is InChI=1S/C25H28BrCl2N3O3/c1-33-22-8-7-19(26)18-15-17(16-34-24(18)22)25(32)29-9-2-3-10-30-11-13-31(14-12-30)21-6-4-5-20(27)23(21)28/h4-8,15H,2-3,9-14,16H2,1H3,(H,29,32). The number of anilines is 1. The number of methoxy groups -OCH3 is 1. The summed E-state index contributed by atoms with van der Waals surface area (Å²) in [5.74, 6) is 1.23. The van der Waals surface area contributed by atoms with Gasteiger partial charge >= 0.3 is 0 Å². The molecule has 0 bridgehead atoms. The number of hydrogen-bond acceptors (Lipinski definition) is 5. The Labute approximate surface area is 218 Å². The highest BCUT2D eigenvalue weighted by Crippen LogP contribution is 2.40. The Morgan fingerprint density at radius 3 is 2.71 bits per heavy atom. The van der Waals surface area contributed by atoms with Gasteiger partial charge in [0.1, 0.15) is 6.61 Å². The second-order valence-electron chi connectivity index (χ2n) is 8.32. The molecule has 6 nitrogen and oxygen atoms in total. The summed E-state index contributed by atoms with van der Waals surface area (Å²) in [6.45, 7) is 5.69. The molecule has 1 fully saturated rings. The van der Waals surface area contributed by atoms with Crippen LogP contribution in [-0.2, 0) is 4.79 Å². The van der Waals surface area contributed by atoms with Gasteiger partial charge in [0.25, 0.3) is 5.91 Å². The third-order valence-electron chi connectivity index (χ3n) is 6.14. The minimum Gasteiger partial charge on any atom is -0.493 e. The maximum atomic E-state index is 12.6. The van der Waals surface area contributed by atoms with Gasteiger partial charge in [0.2, 0.25) is 0 Å². The smallest absolute Gasteiger partial charge is 0.250 e. The lowest BCUT2D eigenvalue weighted by Crippen LogP contribution is -2.46. The van der Waals surface area contributed by atoms with Crippen LogP contribution in [0.3, 0.4) is 0 Å². The second kappa shape index (κ2) is 11.7. The maximum Gasteiger partial charge on any atom is 0.250 e. The van der Waals surface area contributed by atoms with E-state index in [0.29, 0.717) is 33.7 Å². The van der Waals surface area contributed by atoms with Crippen LogP contribution in [0.15, 0.2) is 40.4 Å². The van der Waals surface area contributed by atoms with Crippen LogP contribution < -0.4 is 19.7 Å². The van der Waals surface area contributed by atoms with Crippen LogP contribution in [0, 0.1) is 0 Å². The molecule has 1 saturated heterocycles. The van der Waals surface area contributed by atoms with E-state index in [0.717, 1.165) is 61.3 Å². The van der Waals surface area contributed by atoms with Gasteiger partial charge in [-0.25, -0.2) is 0 Å². The zero-order valence-electron chi connectivity index (χ0n) is 19.1. The van der Waals surface area contributed by atoms with E-state index < -0.39 is 0 Å². The lowest BCUT2D eigenvalue weighted by atomic mass is 10.1. The molecule has 2 aromatic rings. The first-order chi connectivity index (χ1) is 16.5. The van der Waals surface area contributed by atoms with Crippen molar-refractivity contribution in [1.82, 2.24) is 10.2 Å². The van der Waals surface area contributed by atoms with Crippen molar-refractivity contribution < 1.29 is 14.3 Å². The van der Waals surface area contributed by atoms with Crippen molar-refractivity contribution in [2.75, 3.05) is 57.9 Å². The number of benzene rings is 2. The third kappa shape index (κ3) is 5.82. The summed E-state index contributed by atoms with van der Waals surface area (Å²) in [5.41, 5.74) is 2.44. The molecule has 34 heavy (non-hydrogen) atoms. The van der Waals surface area contributed by atoms with Crippen LogP contribution in [0.1, 0.15) is 18.4 Å². The molecule has 0 radical (unpaired) electrons. The van der Waals surface area contributed by atoms with Crippen LogP contribution in [0.5, 0.6) is 11.5 Å². The van der Waals surface area contributed by atoms with E-state index >= 15 is 0 Å². The number of carbonyl (C=O) groups excluding carboxylic acids is 1. The number of hydrogen-bond donors (Lipinski definition) is 1. The molecule has 2 aliphatic rings. The van der Waals surface area contributed by atoms with E-state index in [1.54, 1.807) is 7.11 Å². The van der Waals surface area contributed by atoms with E-state index in [9.17, 15) is 4.79 Å². The Morgan fingerprint density at radius 2 is 1.94 bits per heavy atom. The summed E-state index contributed by atoms with van der Waals surface area (Å²) < 4.78 is 12.0. The normalized spacial score (nSPS) is 15.9. The van der Waals surface area contributed by atoms with Crippen molar-refractivity contribution in [3.63, 3.8) is 0 Å². The lowest BCUT2D eigenvalue weighted by Gasteiger charge is -2.36. The van der Waals surface area contributed by atoms with Gasteiger partial charge < -0.3 is 19.7 Å². The number of piperazine rings is 1. The highest BCUT2D eigenvalue weighted by atomic mass is 79.9. The number of carbonyl (C=O) groups is 1. The quantitative estimate of drug-likeness (QED) is 0.440. The number of amides is 1. The SMILES string of the molecule is COc1ccc(Br)c2c1OCC(C(=O)NCCCCN1CCN(c3cccc(Cl)c3Cl)CC1)=C2. The molecular formula is C25H28BrCl2N3O3. The summed E-state index contributed by atoms with van der Waals surface area (Å²) in [7, 11) is 1.60. The zero-order chi connectivity index (χ0) is 24.1. The van der Waals surface area contributed by atoms with Gasteiger partial charge in [0.05, 0.1) is 28.4 Å². The molecule has 0 atom stereocenters. The van der Waals surface area contributed by atoms with Gasteiger partial charge in [-0.05, 0) is 49.7 Å². The molecule has 2 aromatic carbocycles. The van der Waals surface area contributed by atoms with Gasteiger partial charge in [-0.2, -0.15) is 0 Å². The summed E-state index contributed by atoms with van der Waals surface area (Å²) in [5, 5.41) is 4.24. The van der Waals surface area contributed by atoms with Gasteiger partial charge in [0.15, 0.2) is 11.5 Å². The van der Waals surface area contributed by atoms with Crippen LogP contribution in [-0.4, -0.2) is 63.8 Å². The van der Waals surface area contributed by atoms with Gasteiger partial charge in [-0.3, -0.25) is 9.69 Å². The summed E-state index contributed by atoms with van der Waals surface area (Å²) in [6.07, 6.45) is 3.82. The van der Waals surface area contributed by atoms with Crippen LogP contribution >= 0.6 is 39.1 Å². The molecule has 9 heteroatoms. The molecule has 0 aliphatic carbocycles. The molecule has 0 saturated carbocycles. The van der Waals surface area contributed by atoms with Crippen molar-refractivity contribution in [3.05, 3.63) is 56.0 Å². The predicted molar refractivity (Wildman–Crippen MR) is 142 cm³/mol. The van der Waals surface area contributed by atoms with E-state index in [1.165, 1.54) is 0 Å². The monoisotopic (exact) mass is 567 g/mol. The number of fused-ring (bicyclic) bond motifs is 1. The Kier molecular flexibility index (Phi) is 8.64. The first-order valence-electron chi connectivity index (χ1n) is 11.4. The van der Waals surface area contributed by atoms with Crippen molar-refractivity contribution in [1.29, 1.82) is 0 Å². The summed E-state index contributed by atoms with van der Waals surface area (Å²) in [4.78, 5) is 17.4. The number of halogens is 3. The summed E-state index contributed by atoms with van der Waals surface area (Å²) in [6, 6.07) is 9.51. The van der Waals surface area contributed by atoms with Crippen molar-refractivity contribution in [2.45, 2.75) is 12.8 Å². The molecule has 1 N–H and O–H groups in total. The molecule has 1 amide bonds. The predicted octanol–water partition coefficient (Wildman–Crippen LogP) is 5.26. The fourth-order valence-electron chi connectivity index (χ4n) is 4.22. The first-order valence-corrected chi connectivity index (χ1v) is 12.9. The molecule has 0 unspecified atom stereocenters. The van der Waals surface area contributed by atoms with Crippen molar-refractivity contribution in [3.8, 4) is 11.5 Å². The summed E-state index contributed by atoms with van der Waals surface area (Å²) >= 11 is 16.0. The van der Waals surface area contributed by atoms with Gasteiger partial charge in [-0.1, -0.05) is 45.2 Å². The molecule has 0 aromatic heterocycles. The molecule has 2 heterocycles. The fourth-order valence-corrected chi connectivity index (χ4v) is 5.06. The minimum absolute atomic E-state index is 0.0904. The van der Waals surface area contributed by atoms with E-state index in [1.807, 2.05) is 36.4 Å². The zero-order valence-corrected chi connectivity index (χ0v) is 22.2. The van der Waals surface area contributed by atoms with Crippen LogP contribution in [0.25, 0.3) is 6.08 Å². The van der Waals surface area contributed by atoms with Gasteiger partial charge in [-0.15, -0.1) is 0 Å². The highest BCUT2D eigenvalue weighted by molar-refractivity contribution is 9.10. The maximum absolute atomic E-state index is 12.6. The average molecular weight is 569 g/mol. The molecule has 4 rings (SSSR count). The number of unbranched alkanes of at least 4 members (excludes halogenated alkanes) is 1. The number of nitrogens with zero attached hydrogens (tertiary/aromatic N) is 2. The number of rotatable bonds is 8. The minimum atomic E-state index is -0.0904. The molecular weight excluding hydrogens is 541 g/mol. The largest absolute Gasteiger partial charge is 0.493 e. The molecule has 0 spiro atoms. The fraction of sp³-hybridized carbons (Fsp3) is 0.400. The Morgan fingerprint density at radius 1 is 1.15 bits per heavy atom. The van der Waals surface area contributed by atoms with E-state index in [2.05, 4.69) is 31.0 Å². The molecule has 2 aliphatic heterocycles. The highest BCUT2D eigenvalue weighted by Gasteiger charge is 2.22. The average Bonchev–Trinajstić information content (AvgIpc) is 2.86. The molecule has 182 valence electrons. The van der Waals surface area contributed by atoms with Crippen molar-refractivity contribution in [2.24, 2.45) is 0 Å². The van der Waals surface area contributed by atoms with E-state index in [-0.39, 0.29) is 12.5 Å². The topological polar surface area (TPSA) is 54.0 Å². The Hall–Kier alpha value is -1.93. The van der Waals surface area contributed by atoms with Gasteiger partial charge in [0, 0.05) is 42.8 Å². The number of ether oxygens (including phenoxy) is 2. The van der Waals surface area contributed by atoms with Crippen molar-refractivity contribution >= 4 is 56.8 Å². The van der Waals surface area contributed by atoms with Crippen LogP contribution in [0.4, 0.5) is 5.69 Å². The van der Waals surface area contributed by atoms with E-state index in [4.69, 9.17) is 32.7 Å².